The smallest absolute Gasteiger partial charge is 0.378 e. The second kappa shape index (κ2) is 12.6. The summed E-state index contributed by atoms with van der Waals surface area (Å²) in [6.07, 6.45) is 0. The molecule has 0 N–H and O–H groups in total. The number of aromatic nitrogens is 8. The van der Waals surface area contributed by atoms with E-state index in [1.54, 1.807) is 0 Å². The van der Waals surface area contributed by atoms with E-state index in [-0.39, 0.29) is 17.1 Å². The van der Waals surface area contributed by atoms with E-state index in [2.05, 4.69) is 80.3 Å². The van der Waals surface area contributed by atoms with Crippen molar-refractivity contribution in [3.8, 4) is 45.6 Å². The van der Waals surface area contributed by atoms with Crippen LogP contribution in [0.2, 0.25) is 0 Å². The topological polar surface area (TPSA) is 118 Å². The number of hydrogen-bond acceptors (Lipinski definition) is 10. The van der Waals surface area contributed by atoms with Crippen LogP contribution in [0.4, 0.5) is 22.7 Å². The average molecular weight is 748 g/mol. The van der Waals surface area contributed by atoms with Crippen LogP contribution in [0, 0.1) is 0 Å². The predicted octanol–water partition coefficient (Wildman–Crippen LogP) is 6.39. The molecule has 53 heavy (non-hydrogen) atoms. The third-order valence-corrected chi connectivity index (χ3v) is 9.70. The molecule has 4 aromatic carbocycles. The van der Waals surface area contributed by atoms with Crippen molar-refractivity contribution in [2.75, 3.05) is 76.0 Å². The normalized spacial score (nSPS) is 11.6. The van der Waals surface area contributed by atoms with Gasteiger partial charge < -0.3 is 49.5 Å². The Kier molecular flexibility index (Phi) is 8.08. The summed E-state index contributed by atoms with van der Waals surface area (Å²) < 4.78 is 0. The fourth-order valence-corrected chi connectivity index (χ4v) is 6.73. The van der Waals surface area contributed by atoms with Gasteiger partial charge in [0.05, 0.1) is 23.3 Å². The van der Waals surface area contributed by atoms with Crippen LogP contribution in [-0.4, -0.2) is 86.3 Å². The summed E-state index contributed by atoms with van der Waals surface area (Å²) in [6, 6.07) is 24.9. The molecule has 3 aromatic heterocycles. The summed E-state index contributed by atoms with van der Waals surface area (Å²) in [5.74, 6) is 2.10. The zero-order valence-corrected chi connectivity index (χ0v) is 31.5. The van der Waals surface area contributed by atoms with E-state index < -0.39 is 0 Å². The van der Waals surface area contributed by atoms with Crippen molar-refractivity contribution in [2.45, 2.75) is 0 Å². The molecule has 267 valence electrons. The zero-order chi connectivity index (χ0) is 36.0. The van der Waals surface area contributed by atoms with E-state index in [1.807, 2.05) is 68.5 Å². The van der Waals surface area contributed by atoms with Crippen molar-refractivity contribution >= 4 is 66.9 Å². The molecule has 2 aliphatic rings. The molecule has 0 atom stereocenters. The molecule has 5 heterocycles. The van der Waals surface area contributed by atoms with Crippen LogP contribution in [0.5, 0.6) is 0 Å². The fraction of sp³-hybridized carbons (Fsp3) is 0.200. The van der Waals surface area contributed by atoms with Gasteiger partial charge in [0.1, 0.15) is 0 Å². The fourth-order valence-electron chi connectivity index (χ4n) is 6.73. The van der Waals surface area contributed by atoms with Gasteiger partial charge in [-0.15, -0.1) is 0 Å². The molecule has 0 aliphatic carbocycles. The van der Waals surface area contributed by atoms with E-state index in [0.717, 1.165) is 66.5 Å². The molecule has 9 rings (SSSR count). The molecular weight excluding hydrogens is 712 g/mol. The van der Waals surface area contributed by atoms with Gasteiger partial charge in [0.25, 0.3) is 0 Å². The first kappa shape index (κ1) is 34.1. The van der Waals surface area contributed by atoms with E-state index in [4.69, 9.17) is 39.9 Å². The van der Waals surface area contributed by atoms with Gasteiger partial charge in [-0.2, -0.15) is 0 Å². The van der Waals surface area contributed by atoms with E-state index in [9.17, 15) is 0 Å². The predicted molar refractivity (Wildman–Crippen MR) is 211 cm³/mol. The summed E-state index contributed by atoms with van der Waals surface area (Å²) in [6.45, 7) is 0. The minimum absolute atomic E-state index is 0. The molecule has 12 nitrogen and oxygen atoms in total. The number of fused-ring (bicyclic) bond motifs is 20. The van der Waals surface area contributed by atoms with Gasteiger partial charge >= 0.3 is 17.1 Å². The number of benzene rings is 4. The van der Waals surface area contributed by atoms with Crippen LogP contribution in [0.15, 0.2) is 72.8 Å². The molecule has 0 saturated heterocycles. The number of anilines is 4. The first-order chi connectivity index (χ1) is 25.0. The van der Waals surface area contributed by atoms with Crippen LogP contribution in [0.1, 0.15) is 0 Å². The Morgan fingerprint density at radius 2 is 0.642 bits per heavy atom. The van der Waals surface area contributed by atoms with Crippen molar-refractivity contribution < 1.29 is 17.1 Å². The van der Waals surface area contributed by atoms with Crippen LogP contribution in [0.25, 0.3) is 89.7 Å². The molecule has 0 fully saturated rings. The average Bonchev–Trinajstić information content (AvgIpc) is 3.85. The Morgan fingerprint density at radius 1 is 0.340 bits per heavy atom. The van der Waals surface area contributed by atoms with Crippen molar-refractivity contribution in [1.29, 1.82) is 0 Å². The summed E-state index contributed by atoms with van der Waals surface area (Å²) in [4.78, 5) is 49.1. The Morgan fingerprint density at radius 3 is 1.00 bits per heavy atom. The summed E-state index contributed by atoms with van der Waals surface area (Å²) in [5.41, 5.74) is 9.67. The number of nitrogens with zero attached hydrogens (tertiary/aromatic N) is 12. The Bertz CT molecular complexity index is 2780. The minimum Gasteiger partial charge on any atom is -0.378 e. The molecule has 0 unspecified atom stereocenters. The molecule has 0 spiro atoms. The van der Waals surface area contributed by atoms with E-state index >= 15 is 0 Å². The molecule has 13 heteroatoms. The maximum Gasteiger partial charge on any atom is 2.00 e. The second-order valence-corrected chi connectivity index (χ2v) is 14.0. The molecule has 7 aromatic rings. The van der Waals surface area contributed by atoms with Crippen molar-refractivity contribution in [3.05, 3.63) is 72.8 Å². The maximum absolute atomic E-state index is 5.17. The summed E-state index contributed by atoms with van der Waals surface area (Å²) in [5, 5.41) is 3.47. The minimum atomic E-state index is 0. The van der Waals surface area contributed by atoms with Crippen LogP contribution in [-0.2, 0) is 17.1 Å². The van der Waals surface area contributed by atoms with Crippen molar-refractivity contribution in [3.63, 3.8) is 0 Å². The van der Waals surface area contributed by atoms with Gasteiger partial charge in [-0.25, -0.2) is 9.97 Å². The molecule has 0 amide bonds. The summed E-state index contributed by atoms with van der Waals surface area (Å²) >= 11 is 0. The number of hydrogen-bond donors (Lipinski definition) is 0. The maximum atomic E-state index is 5.17. The van der Waals surface area contributed by atoms with Crippen LogP contribution < -0.4 is 29.6 Å². The SMILES string of the molecule is CN(C)c1ccc2c(c1)-c1nc-2nc2[n-]c(nc3nc(nc4[n-]c(n1)c1ccc(N(C)C)cc41)-c1cc(N(C)C)ccc1-3)c1cc(N(C)C)ccc21.[Cu+2]. The van der Waals surface area contributed by atoms with Crippen LogP contribution >= 0.6 is 0 Å². The van der Waals surface area contributed by atoms with Crippen molar-refractivity contribution in [1.82, 2.24) is 39.9 Å². The van der Waals surface area contributed by atoms with Crippen LogP contribution in [0.3, 0.4) is 0 Å². The molecule has 0 saturated carbocycles. The van der Waals surface area contributed by atoms with Gasteiger partial charge in [0.15, 0.2) is 0 Å². The van der Waals surface area contributed by atoms with Gasteiger partial charge in [-0.05, 0) is 82.2 Å². The quantitative estimate of drug-likeness (QED) is 0.186. The van der Waals surface area contributed by atoms with Gasteiger partial charge in [0, 0.05) is 124 Å². The first-order valence-electron chi connectivity index (χ1n) is 17.0. The Balaban J connectivity index is 0.00000400. The van der Waals surface area contributed by atoms with Gasteiger partial charge in [-0.1, -0.05) is 12.1 Å². The van der Waals surface area contributed by atoms with E-state index in [1.165, 1.54) is 0 Å². The standard InChI is InChI=1S/C40H36N12.Cu/c1-49(2)21-9-13-25-29(17-21)37-42-33(25)41-34-26-14-10-22(50(3)4)18-30(26)38(43-34)45-36-28-16-12-24(52(7)8)20-32(28)40(47-36)48-39-31-19-23(51(5)6)11-15-27(31)35(44-37)46-39;/h9-20H,1-8H3;/q-2;+2. The summed E-state index contributed by atoms with van der Waals surface area (Å²) in [7, 11) is 16.2. The number of rotatable bonds is 4. The zero-order valence-electron chi connectivity index (χ0n) is 30.6. The molecule has 8 bridgehead atoms. The van der Waals surface area contributed by atoms with Gasteiger partial charge in [0.2, 0.25) is 0 Å². The molecule has 2 aliphatic heterocycles. The largest absolute Gasteiger partial charge is 2.00 e. The Labute approximate surface area is 317 Å². The molecular formula is C40H36CuN12. The molecule has 1 radical (unpaired) electrons. The third-order valence-electron chi connectivity index (χ3n) is 9.70. The monoisotopic (exact) mass is 747 g/mol. The van der Waals surface area contributed by atoms with Gasteiger partial charge in [-0.3, -0.25) is 0 Å². The Hall–Kier alpha value is -6.04. The third kappa shape index (κ3) is 5.60. The second-order valence-electron chi connectivity index (χ2n) is 14.0. The first-order valence-corrected chi connectivity index (χ1v) is 17.0. The van der Waals surface area contributed by atoms with E-state index in [0.29, 0.717) is 45.9 Å². The van der Waals surface area contributed by atoms with Crippen molar-refractivity contribution in [2.24, 2.45) is 0 Å².